The molecular formula is C14H15ClN2O2S. The van der Waals surface area contributed by atoms with Gasteiger partial charge in [0.05, 0.1) is 11.1 Å². The zero-order valence-corrected chi connectivity index (χ0v) is 12.3. The van der Waals surface area contributed by atoms with Crippen LogP contribution in [-0.2, 0) is 0 Å². The van der Waals surface area contributed by atoms with Gasteiger partial charge in [-0.25, -0.2) is 4.79 Å². The van der Waals surface area contributed by atoms with Gasteiger partial charge in [-0.3, -0.25) is 5.32 Å². The van der Waals surface area contributed by atoms with E-state index in [0.717, 1.165) is 22.9 Å². The molecule has 1 heterocycles. The number of fused-ring (bicyclic) bond motifs is 1. The lowest BCUT2D eigenvalue weighted by atomic mass is 10.2. The van der Waals surface area contributed by atoms with Crippen LogP contribution in [0.3, 0.4) is 0 Å². The number of benzene rings is 1. The average molecular weight is 311 g/mol. The molecule has 3 rings (SSSR count). The van der Waals surface area contributed by atoms with Gasteiger partial charge in [0, 0.05) is 16.6 Å². The number of carbonyl (C=O) groups excluding carboxylic acids is 1. The summed E-state index contributed by atoms with van der Waals surface area (Å²) in [6, 6.07) is 7.40. The van der Waals surface area contributed by atoms with E-state index in [4.69, 9.17) is 11.6 Å². The first kappa shape index (κ1) is 13.7. The summed E-state index contributed by atoms with van der Waals surface area (Å²) in [6.07, 6.45) is 1.65. The SMILES string of the molecule is O=C(NCC(O)C1CC1)Nc1sc2ccccc2c1Cl. The summed E-state index contributed by atoms with van der Waals surface area (Å²) in [4.78, 5) is 11.8. The Morgan fingerprint density at radius 2 is 2.20 bits per heavy atom. The fourth-order valence-electron chi connectivity index (χ4n) is 2.09. The van der Waals surface area contributed by atoms with Gasteiger partial charge in [-0.05, 0) is 24.8 Å². The van der Waals surface area contributed by atoms with E-state index in [1.165, 1.54) is 11.3 Å². The quantitative estimate of drug-likeness (QED) is 0.810. The lowest BCUT2D eigenvalue weighted by molar-refractivity contribution is 0.150. The molecule has 4 nitrogen and oxygen atoms in total. The number of aliphatic hydroxyl groups is 1. The Morgan fingerprint density at radius 3 is 2.90 bits per heavy atom. The van der Waals surface area contributed by atoms with E-state index in [0.29, 0.717) is 15.9 Å². The van der Waals surface area contributed by atoms with Crippen LogP contribution in [0.2, 0.25) is 5.02 Å². The molecule has 2 amide bonds. The smallest absolute Gasteiger partial charge is 0.319 e. The number of nitrogens with one attached hydrogen (secondary N) is 2. The van der Waals surface area contributed by atoms with Crippen molar-refractivity contribution in [3.8, 4) is 0 Å². The first-order chi connectivity index (χ1) is 9.65. The second-order valence-corrected chi connectivity index (χ2v) is 6.41. The van der Waals surface area contributed by atoms with Gasteiger partial charge >= 0.3 is 6.03 Å². The summed E-state index contributed by atoms with van der Waals surface area (Å²) in [5.74, 6) is 0.350. The number of aliphatic hydroxyl groups excluding tert-OH is 1. The summed E-state index contributed by atoms with van der Waals surface area (Å²) >= 11 is 7.68. The fraction of sp³-hybridized carbons (Fsp3) is 0.357. The van der Waals surface area contributed by atoms with Gasteiger partial charge in [0.2, 0.25) is 0 Å². The summed E-state index contributed by atoms with van der Waals surface area (Å²) in [5, 5.41) is 17.2. The third-order valence-electron chi connectivity index (χ3n) is 3.40. The van der Waals surface area contributed by atoms with Gasteiger partial charge in [0.25, 0.3) is 0 Å². The molecule has 1 aromatic carbocycles. The van der Waals surface area contributed by atoms with E-state index in [9.17, 15) is 9.90 Å². The van der Waals surface area contributed by atoms with E-state index >= 15 is 0 Å². The number of anilines is 1. The number of amides is 2. The third kappa shape index (κ3) is 2.90. The predicted molar refractivity (Wildman–Crippen MR) is 82.6 cm³/mol. The van der Waals surface area contributed by atoms with Crippen LogP contribution in [0.1, 0.15) is 12.8 Å². The molecule has 1 aliphatic rings. The Kier molecular flexibility index (Phi) is 3.83. The molecule has 1 aliphatic carbocycles. The maximum Gasteiger partial charge on any atom is 0.319 e. The fourth-order valence-corrected chi connectivity index (χ4v) is 3.46. The number of carbonyl (C=O) groups is 1. The van der Waals surface area contributed by atoms with E-state index in [1.807, 2.05) is 24.3 Å². The van der Waals surface area contributed by atoms with Crippen LogP contribution in [0.15, 0.2) is 24.3 Å². The number of thiophene rings is 1. The van der Waals surface area contributed by atoms with Gasteiger partial charge < -0.3 is 10.4 Å². The zero-order valence-electron chi connectivity index (χ0n) is 10.7. The minimum absolute atomic E-state index is 0.277. The van der Waals surface area contributed by atoms with Crippen LogP contribution in [0.5, 0.6) is 0 Å². The lowest BCUT2D eigenvalue weighted by Gasteiger charge is -2.11. The Bertz CT molecular complexity index is 639. The topological polar surface area (TPSA) is 61.4 Å². The number of urea groups is 1. The zero-order chi connectivity index (χ0) is 14.1. The largest absolute Gasteiger partial charge is 0.391 e. The molecular weight excluding hydrogens is 296 g/mol. The molecule has 1 unspecified atom stereocenters. The molecule has 3 N–H and O–H groups in total. The van der Waals surface area contributed by atoms with Crippen LogP contribution in [-0.4, -0.2) is 23.8 Å². The maximum atomic E-state index is 11.8. The standard InChI is InChI=1S/C14H15ClN2O2S/c15-12-9-3-1-2-4-11(9)20-13(12)17-14(19)16-7-10(18)8-5-6-8/h1-4,8,10,18H,5-7H2,(H2,16,17,19). The van der Waals surface area contributed by atoms with E-state index in [2.05, 4.69) is 10.6 Å². The highest BCUT2D eigenvalue weighted by atomic mass is 35.5. The molecule has 20 heavy (non-hydrogen) atoms. The molecule has 1 fully saturated rings. The van der Waals surface area contributed by atoms with Crippen molar-refractivity contribution in [1.82, 2.24) is 5.32 Å². The van der Waals surface area contributed by atoms with Gasteiger partial charge in [-0.1, -0.05) is 29.8 Å². The predicted octanol–water partition coefficient (Wildman–Crippen LogP) is 3.45. The van der Waals surface area contributed by atoms with E-state index < -0.39 is 6.10 Å². The van der Waals surface area contributed by atoms with Crippen LogP contribution < -0.4 is 10.6 Å². The summed E-state index contributed by atoms with van der Waals surface area (Å²) < 4.78 is 1.03. The third-order valence-corrected chi connectivity index (χ3v) is 4.99. The lowest BCUT2D eigenvalue weighted by Crippen LogP contribution is -2.35. The van der Waals surface area contributed by atoms with Crippen LogP contribution in [0, 0.1) is 5.92 Å². The molecule has 0 saturated heterocycles. The van der Waals surface area contributed by atoms with Crippen molar-refractivity contribution in [2.24, 2.45) is 5.92 Å². The maximum absolute atomic E-state index is 11.8. The van der Waals surface area contributed by atoms with Crippen LogP contribution in [0.4, 0.5) is 9.80 Å². The van der Waals surface area contributed by atoms with Crippen molar-refractivity contribution in [2.75, 3.05) is 11.9 Å². The summed E-state index contributed by atoms with van der Waals surface area (Å²) in [7, 11) is 0. The average Bonchev–Trinajstić information content (AvgIpc) is 3.24. The molecule has 0 aliphatic heterocycles. The minimum atomic E-state index is -0.446. The molecule has 1 saturated carbocycles. The van der Waals surface area contributed by atoms with Crippen molar-refractivity contribution in [3.05, 3.63) is 29.3 Å². The van der Waals surface area contributed by atoms with Crippen LogP contribution in [0.25, 0.3) is 10.1 Å². The summed E-state index contributed by atoms with van der Waals surface area (Å²) in [6.45, 7) is 0.277. The second kappa shape index (κ2) is 5.60. The molecule has 1 aromatic heterocycles. The number of halogens is 1. The molecule has 0 spiro atoms. The van der Waals surface area contributed by atoms with Gasteiger partial charge in [0.1, 0.15) is 5.00 Å². The normalized spacial score (nSPS) is 16.1. The van der Waals surface area contributed by atoms with Gasteiger partial charge in [0.15, 0.2) is 0 Å². The highest BCUT2D eigenvalue weighted by molar-refractivity contribution is 7.23. The number of hydrogen-bond donors (Lipinski definition) is 3. The van der Waals surface area contributed by atoms with E-state index in [-0.39, 0.29) is 12.6 Å². The first-order valence-electron chi connectivity index (χ1n) is 6.55. The van der Waals surface area contributed by atoms with Crippen molar-refractivity contribution >= 4 is 44.1 Å². The number of hydrogen-bond acceptors (Lipinski definition) is 3. The van der Waals surface area contributed by atoms with Crippen molar-refractivity contribution in [3.63, 3.8) is 0 Å². The van der Waals surface area contributed by atoms with E-state index in [1.54, 1.807) is 0 Å². The van der Waals surface area contributed by atoms with Crippen molar-refractivity contribution in [1.29, 1.82) is 0 Å². The molecule has 106 valence electrons. The molecule has 0 radical (unpaired) electrons. The Morgan fingerprint density at radius 1 is 1.45 bits per heavy atom. The molecule has 1 atom stereocenters. The first-order valence-corrected chi connectivity index (χ1v) is 7.74. The van der Waals surface area contributed by atoms with Crippen molar-refractivity contribution in [2.45, 2.75) is 18.9 Å². The Labute approximate surface area is 125 Å². The number of rotatable bonds is 4. The Hall–Kier alpha value is -1.30. The highest BCUT2D eigenvalue weighted by Gasteiger charge is 2.29. The monoisotopic (exact) mass is 310 g/mol. The van der Waals surface area contributed by atoms with Crippen LogP contribution >= 0.6 is 22.9 Å². The Balaban J connectivity index is 1.63. The van der Waals surface area contributed by atoms with Gasteiger partial charge in [-0.2, -0.15) is 0 Å². The minimum Gasteiger partial charge on any atom is -0.391 e. The molecule has 2 aromatic rings. The summed E-state index contributed by atoms with van der Waals surface area (Å²) in [5.41, 5.74) is 0. The molecule has 0 bridgehead atoms. The highest BCUT2D eigenvalue weighted by Crippen LogP contribution is 2.39. The molecule has 6 heteroatoms. The van der Waals surface area contributed by atoms with Gasteiger partial charge in [-0.15, -0.1) is 11.3 Å². The second-order valence-electron chi connectivity index (χ2n) is 4.98. The van der Waals surface area contributed by atoms with Crippen molar-refractivity contribution < 1.29 is 9.90 Å².